The second-order valence-corrected chi connectivity index (χ2v) is 27.1. The van der Waals surface area contributed by atoms with Crippen molar-refractivity contribution in [2.24, 2.45) is 0 Å². The van der Waals surface area contributed by atoms with Crippen molar-refractivity contribution in [2.75, 3.05) is 26.4 Å². The van der Waals surface area contributed by atoms with Crippen molar-refractivity contribution in [1.29, 1.82) is 0 Å². The Morgan fingerprint density at radius 1 is 0.374 bits per heavy atom. The van der Waals surface area contributed by atoms with Gasteiger partial charge in [-0.25, -0.2) is 0 Å². The van der Waals surface area contributed by atoms with E-state index in [0.29, 0.717) is 12.8 Å². The maximum absolute atomic E-state index is 13.5. The van der Waals surface area contributed by atoms with E-state index >= 15 is 0 Å². The van der Waals surface area contributed by atoms with E-state index < -0.39 is 124 Å². The quantitative estimate of drug-likeness (QED) is 0.0199. The summed E-state index contributed by atoms with van der Waals surface area (Å²) in [6.07, 6.45) is 54.9. The molecule has 17 atom stereocenters. The summed E-state index contributed by atoms with van der Waals surface area (Å²) in [5.74, 6) is -0.297. The van der Waals surface area contributed by atoms with Gasteiger partial charge in [-0.15, -0.1) is 0 Å². The molecule has 0 spiro atoms. The van der Waals surface area contributed by atoms with Crippen LogP contribution >= 0.6 is 0 Å². The van der Waals surface area contributed by atoms with Crippen LogP contribution in [0.3, 0.4) is 0 Å². The fourth-order valence-corrected chi connectivity index (χ4v) is 12.3. The minimum Gasteiger partial charge on any atom is -0.394 e. The van der Waals surface area contributed by atoms with Crippen LogP contribution in [0.1, 0.15) is 258 Å². The number of hydrogen-bond donors (Lipinski definition) is 12. The van der Waals surface area contributed by atoms with Gasteiger partial charge in [0.05, 0.1) is 38.6 Å². The number of unbranched alkanes of at least 4 members (excludes halogenated alkanes) is 27. The Morgan fingerprint density at radius 3 is 1.13 bits per heavy atom. The molecule has 3 fully saturated rings. The molecule has 19 heteroatoms. The smallest absolute Gasteiger partial charge is 0.220 e. The maximum Gasteiger partial charge on any atom is 0.220 e. The number of ether oxygens (including phenoxy) is 6. The summed E-state index contributed by atoms with van der Waals surface area (Å²) in [6.45, 7) is 1.60. The summed E-state index contributed by atoms with van der Waals surface area (Å²) in [7, 11) is 0. The summed E-state index contributed by atoms with van der Waals surface area (Å²) in [5, 5.41) is 121. The van der Waals surface area contributed by atoms with Gasteiger partial charge in [-0.3, -0.25) is 4.79 Å². The fraction of sp³-hybridized carbons (Fsp3) is 0.762. The van der Waals surface area contributed by atoms with Crippen LogP contribution in [0.5, 0.6) is 0 Å². The summed E-state index contributed by atoms with van der Waals surface area (Å²) >= 11 is 0. The number of amides is 1. The SMILES string of the molecule is CC/C=C\C/C=C\C/C=C\C/C=C\C/C=C\C/C=C\CCCCCCCCCCCCC(=O)NC(COC1OC(CO)C(OC2OC(CO)C(OC3OC(CO)C(O)C(O)C3O)C(O)C2O)C(O)C1O)C(O)/C=C/CC/C=C/CC/C=C/CCCCCCCCCCCCCCCCC. The Balaban J connectivity index is 1.42. The van der Waals surface area contributed by atoms with E-state index in [-0.39, 0.29) is 18.9 Å². The van der Waals surface area contributed by atoms with E-state index in [1.54, 1.807) is 6.08 Å². The standard InChI is InChI=1S/C80H137NO18/c1-3-5-7-9-11-13-15-17-19-21-23-25-27-29-30-31-32-34-36-38-40-42-44-46-48-50-52-54-56-58-68(86)81-63(64(85)57-55-53-51-49-47-45-43-41-39-37-35-33-28-26-24-22-20-18-16-14-12-10-8-6-4-2)62-94-78-74(92)71(89)76(66(60-83)96-78)99-80-75(93)72(90)77(67(61-84)97-80)98-79-73(91)70(88)69(87)65(59-82)95-79/h5,7,11,13,17,19,23,25,29-30,32,34,39,41,47,49,55,57,63-67,69-80,82-85,87-93H,3-4,6,8-10,12,14-16,18,20-22,24,26-28,31,33,35-38,40,42-46,48,50-54,56,58-62H2,1-2H3,(H,81,86)/b7-5-,13-11-,19-17-,25-23-,30-29-,34-32-,41-39+,49-47+,57-55+. The van der Waals surface area contributed by atoms with Crippen LogP contribution in [0.2, 0.25) is 0 Å². The minimum absolute atomic E-state index is 0.220. The van der Waals surface area contributed by atoms with Crippen molar-refractivity contribution in [2.45, 2.75) is 362 Å². The number of aliphatic hydroxyl groups is 11. The zero-order valence-corrected chi connectivity index (χ0v) is 60.7. The third kappa shape index (κ3) is 40.3. The van der Waals surface area contributed by atoms with Gasteiger partial charge in [0.1, 0.15) is 73.2 Å². The molecular formula is C80H137NO18. The summed E-state index contributed by atoms with van der Waals surface area (Å²) < 4.78 is 34.4. The Labute approximate surface area is 595 Å². The van der Waals surface area contributed by atoms with Crippen LogP contribution in [0, 0.1) is 0 Å². The molecule has 0 radical (unpaired) electrons. The van der Waals surface area contributed by atoms with Crippen LogP contribution in [-0.4, -0.2) is 193 Å². The predicted molar refractivity (Wildman–Crippen MR) is 392 cm³/mol. The fourth-order valence-electron chi connectivity index (χ4n) is 12.3. The predicted octanol–water partition coefficient (Wildman–Crippen LogP) is 12.2. The maximum atomic E-state index is 13.5. The second-order valence-electron chi connectivity index (χ2n) is 27.1. The monoisotopic (exact) mass is 1400 g/mol. The number of rotatable bonds is 59. The molecule has 99 heavy (non-hydrogen) atoms. The third-order valence-electron chi connectivity index (χ3n) is 18.5. The molecule has 0 bridgehead atoms. The first-order valence-electron chi connectivity index (χ1n) is 38.6. The van der Waals surface area contributed by atoms with Gasteiger partial charge in [0, 0.05) is 6.42 Å². The highest BCUT2D eigenvalue weighted by Gasteiger charge is 2.53. The number of aliphatic hydroxyl groups excluding tert-OH is 11. The van der Waals surface area contributed by atoms with Crippen LogP contribution < -0.4 is 5.32 Å². The minimum atomic E-state index is -1.99. The third-order valence-corrected chi connectivity index (χ3v) is 18.5. The Bertz CT molecular complexity index is 2220. The van der Waals surface area contributed by atoms with Gasteiger partial charge in [0.2, 0.25) is 5.91 Å². The number of hydrogen-bond acceptors (Lipinski definition) is 18. The van der Waals surface area contributed by atoms with Gasteiger partial charge >= 0.3 is 0 Å². The molecule has 570 valence electrons. The van der Waals surface area contributed by atoms with Gasteiger partial charge in [-0.05, 0) is 96.3 Å². The lowest BCUT2D eigenvalue weighted by Crippen LogP contribution is -2.66. The number of carbonyl (C=O) groups is 1. The molecule has 0 aromatic heterocycles. The molecule has 3 rings (SSSR count). The Kier molecular flexibility index (Phi) is 54.2. The van der Waals surface area contributed by atoms with Crippen molar-refractivity contribution in [3.8, 4) is 0 Å². The van der Waals surface area contributed by atoms with Gasteiger partial charge in [0.15, 0.2) is 18.9 Å². The largest absolute Gasteiger partial charge is 0.394 e. The molecule has 3 aliphatic heterocycles. The average Bonchev–Trinajstić information content (AvgIpc) is 0.785. The van der Waals surface area contributed by atoms with Gasteiger partial charge in [0.25, 0.3) is 0 Å². The van der Waals surface area contributed by atoms with Crippen molar-refractivity contribution in [3.63, 3.8) is 0 Å². The van der Waals surface area contributed by atoms with E-state index in [4.69, 9.17) is 28.4 Å². The van der Waals surface area contributed by atoms with Gasteiger partial charge in [-0.1, -0.05) is 264 Å². The first kappa shape index (κ1) is 89.7. The zero-order chi connectivity index (χ0) is 71.8. The number of carbonyl (C=O) groups excluding carboxylic acids is 1. The van der Waals surface area contributed by atoms with Crippen LogP contribution in [-0.2, 0) is 33.2 Å². The molecule has 0 aromatic rings. The van der Waals surface area contributed by atoms with E-state index in [2.05, 4.69) is 116 Å². The highest BCUT2D eigenvalue weighted by molar-refractivity contribution is 5.76. The van der Waals surface area contributed by atoms with Crippen LogP contribution in [0.15, 0.2) is 109 Å². The van der Waals surface area contributed by atoms with Crippen molar-refractivity contribution >= 4 is 5.91 Å². The number of allylic oxidation sites excluding steroid dienone is 17. The Morgan fingerprint density at radius 2 is 0.707 bits per heavy atom. The van der Waals surface area contributed by atoms with Crippen molar-refractivity contribution < 1.29 is 89.4 Å². The average molecular weight is 1400 g/mol. The molecule has 3 aliphatic rings. The molecule has 19 nitrogen and oxygen atoms in total. The molecule has 17 unspecified atom stereocenters. The van der Waals surface area contributed by atoms with E-state index in [1.165, 1.54) is 128 Å². The molecule has 1 amide bonds. The van der Waals surface area contributed by atoms with Crippen molar-refractivity contribution in [3.05, 3.63) is 109 Å². The summed E-state index contributed by atoms with van der Waals surface area (Å²) in [5.41, 5.74) is 0. The van der Waals surface area contributed by atoms with Crippen LogP contribution in [0.25, 0.3) is 0 Å². The zero-order valence-electron chi connectivity index (χ0n) is 60.7. The van der Waals surface area contributed by atoms with E-state index in [0.717, 1.165) is 96.3 Å². The highest BCUT2D eigenvalue weighted by atomic mass is 16.8. The molecule has 0 aromatic carbocycles. The molecule has 0 saturated carbocycles. The van der Waals surface area contributed by atoms with Crippen molar-refractivity contribution in [1.82, 2.24) is 5.32 Å². The lowest BCUT2D eigenvalue weighted by atomic mass is 9.96. The highest BCUT2D eigenvalue weighted by Crippen LogP contribution is 2.33. The van der Waals surface area contributed by atoms with E-state index in [9.17, 15) is 61.0 Å². The summed E-state index contributed by atoms with van der Waals surface area (Å²) in [6, 6.07) is -1.01. The molecule has 3 saturated heterocycles. The molecule has 3 heterocycles. The Hall–Kier alpha value is -3.55. The molecular weight excluding hydrogens is 1260 g/mol. The molecule has 12 N–H and O–H groups in total. The summed E-state index contributed by atoms with van der Waals surface area (Å²) in [4.78, 5) is 13.5. The topological polar surface area (TPSA) is 307 Å². The first-order valence-corrected chi connectivity index (χ1v) is 38.6. The van der Waals surface area contributed by atoms with Gasteiger partial charge < -0.3 is 89.9 Å². The van der Waals surface area contributed by atoms with Crippen LogP contribution in [0.4, 0.5) is 0 Å². The lowest BCUT2D eigenvalue weighted by molar-refractivity contribution is -0.379. The molecule has 0 aliphatic carbocycles. The first-order chi connectivity index (χ1) is 48.3. The number of nitrogens with one attached hydrogen (secondary N) is 1. The second kappa shape index (κ2) is 59.8. The van der Waals surface area contributed by atoms with Gasteiger partial charge in [-0.2, -0.15) is 0 Å². The lowest BCUT2D eigenvalue weighted by Gasteiger charge is -2.48. The normalized spacial score (nSPS) is 27.2. The van der Waals surface area contributed by atoms with E-state index in [1.807, 2.05) is 6.08 Å².